The van der Waals surface area contributed by atoms with Crippen molar-refractivity contribution in [3.8, 4) is 5.75 Å². The van der Waals surface area contributed by atoms with Crippen molar-refractivity contribution < 1.29 is 4.74 Å². The predicted molar refractivity (Wildman–Crippen MR) is 73.7 cm³/mol. The average Bonchev–Trinajstić information content (AvgIpc) is 2.17. The first-order chi connectivity index (χ1) is 7.09. The largest absolute Gasteiger partial charge is 0.492 e. The average molecular weight is 339 g/mol. The molecule has 0 fully saturated rings. The molecule has 15 heavy (non-hydrogen) atoms. The van der Waals surface area contributed by atoms with Crippen LogP contribution in [-0.2, 0) is 0 Å². The summed E-state index contributed by atoms with van der Waals surface area (Å²) in [6.45, 7) is 5.22. The van der Waals surface area contributed by atoms with Gasteiger partial charge >= 0.3 is 0 Å². The molecule has 1 aromatic rings. The molecule has 3 heteroatoms. The van der Waals surface area contributed by atoms with Gasteiger partial charge in [-0.05, 0) is 59.5 Å². The third kappa shape index (κ3) is 5.07. The Morgan fingerprint density at radius 3 is 2.80 bits per heavy atom. The van der Waals surface area contributed by atoms with Crippen molar-refractivity contribution in [2.24, 2.45) is 5.92 Å². The standard InChI is InChI=1S/C12H16ClIO/c1-9(2)4-3-7-15-12-8-10(13)5-6-11(12)14/h5-6,8-9H,3-4,7H2,1-2H3. The van der Waals surface area contributed by atoms with E-state index in [4.69, 9.17) is 16.3 Å². The zero-order chi connectivity index (χ0) is 11.3. The van der Waals surface area contributed by atoms with Gasteiger partial charge < -0.3 is 4.74 Å². The lowest BCUT2D eigenvalue weighted by atomic mass is 10.1. The summed E-state index contributed by atoms with van der Waals surface area (Å²) in [6, 6.07) is 5.73. The van der Waals surface area contributed by atoms with Gasteiger partial charge in [0.1, 0.15) is 5.75 Å². The van der Waals surface area contributed by atoms with Crippen LogP contribution in [0.25, 0.3) is 0 Å². The molecule has 0 amide bonds. The summed E-state index contributed by atoms with van der Waals surface area (Å²) < 4.78 is 6.79. The second-order valence-corrected chi connectivity index (χ2v) is 5.56. The number of benzene rings is 1. The molecule has 0 atom stereocenters. The Hall–Kier alpha value is 0.0400. The summed E-state index contributed by atoms with van der Waals surface area (Å²) in [5, 5.41) is 0.731. The van der Waals surface area contributed by atoms with Gasteiger partial charge in [-0.1, -0.05) is 25.4 Å². The summed E-state index contributed by atoms with van der Waals surface area (Å²) in [5.74, 6) is 1.64. The molecule has 0 aliphatic heterocycles. The fraction of sp³-hybridized carbons (Fsp3) is 0.500. The molecule has 1 rings (SSSR count). The minimum absolute atomic E-state index is 0.731. The van der Waals surface area contributed by atoms with Gasteiger partial charge in [-0.2, -0.15) is 0 Å². The van der Waals surface area contributed by atoms with Crippen LogP contribution in [0.1, 0.15) is 26.7 Å². The van der Waals surface area contributed by atoms with E-state index in [9.17, 15) is 0 Å². The number of halogens is 2. The van der Waals surface area contributed by atoms with E-state index < -0.39 is 0 Å². The molecule has 0 radical (unpaired) electrons. The number of hydrogen-bond acceptors (Lipinski definition) is 1. The molecular weight excluding hydrogens is 322 g/mol. The van der Waals surface area contributed by atoms with Gasteiger partial charge in [-0.25, -0.2) is 0 Å². The van der Waals surface area contributed by atoms with E-state index in [-0.39, 0.29) is 0 Å². The van der Waals surface area contributed by atoms with E-state index in [0.29, 0.717) is 0 Å². The number of ether oxygens (including phenoxy) is 1. The van der Waals surface area contributed by atoms with Gasteiger partial charge in [0.25, 0.3) is 0 Å². The van der Waals surface area contributed by atoms with Crippen LogP contribution >= 0.6 is 34.2 Å². The van der Waals surface area contributed by atoms with E-state index in [0.717, 1.165) is 33.3 Å². The third-order valence-corrected chi connectivity index (χ3v) is 3.20. The molecule has 0 heterocycles. The van der Waals surface area contributed by atoms with Crippen LogP contribution in [0.4, 0.5) is 0 Å². The summed E-state index contributed by atoms with van der Waals surface area (Å²) in [5.41, 5.74) is 0. The van der Waals surface area contributed by atoms with Crippen LogP contribution in [0.3, 0.4) is 0 Å². The molecule has 0 saturated heterocycles. The lowest BCUT2D eigenvalue weighted by molar-refractivity contribution is 0.296. The molecule has 0 spiro atoms. The fourth-order valence-electron chi connectivity index (χ4n) is 1.26. The fourth-order valence-corrected chi connectivity index (χ4v) is 1.91. The van der Waals surface area contributed by atoms with Crippen molar-refractivity contribution in [2.45, 2.75) is 26.7 Å². The molecule has 84 valence electrons. The Morgan fingerprint density at radius 2 is 2.13 bits per heavy atom. The molecular formula is C12H16ClIO. The van der Waals surface area contributed by atoms with Crippen molar-refractivity contribution >= 4 is 34.2 Å². The van der Waals surface area contributed by atoms with Gasteiger partial charge in [-0.3, -0.25) is 0 Å². The molecule has 0 N–H and O–H groups in total. The van der Waals surface area contributed by atoms with Crippen LogP contribution in [0, 0.1) is 9.49 Å². The normalized spacial score (nSPS) is 10.7. The quantitative estimate of drug-likeness (QED) is 0.555. The molecule has 0 aromatic heterocycles. The van der Waals surface area contributed by atoms with Crippen LogP contribution in [-0.4, -0.2) is 6.61 Å². The first-order valence-corrected chi connectivity index (χ1v) is 6.63. The van der Waals surface area contributed by atoms with Gasteiger partial charge in [0.05, 0.1) is 10.2 Å². The SMILES string of the molecule is CC(C)CCCOc1cc(Cl)ccc1I. The van der Waals surface area contributed by atoms with E-state index >= 15 is 0 Å². The van der Waals surface area contributed by atoms with Crippen LogP contribution in [0.15, 0.2) is 18.2 Å². The maximum Gasteiger partial charge on any atom is 0.134 e. The topological polar surface area (TPSA) is 9.23 Å². The number of rotatable bonds is 5. The minimum Gasteiger partial charge on any atom is -0.492 e. The second kappa shape index (κ2) is 6.59. The first-order valence-electron chi connectivity index (χ1n) is 5.17. The van der Waals surface area contributed by atoms with Crippen LogP contribution < -0.4 is 4.74 Å². The van der Waals surface area contributed by atoms with E-state index in [1.807, 2.05) is 18.2 Å². The Bertz CT molecular complexity index is 312. The Labute approximate surface area is 110 Å². The first kappa shape index (κ1) is 13.1. The highest BCUT2D eigenvalue weighted by atomic mass is 127. The third-order valence-electron chi connectivity index (χ3n) is 2.08. The summed E-state index contributed by atoms with van der Waals surface area (Å²) in [7, 11) is 0. The van der Waals surface area contributed by atoms with Crippen molar-refractivity contribution in [1.82, 2.24) is 0 Å². The highest BCUT2D eigenvalue weighted by Crippen LogP contribution is 2.25. The summed E-state index contributed by atoms with van der Waals surface area (Å²) in [6.07, 6.45) is 2.30. The second-order valence-electron chi connectivity index (χ2n) is 3.96. The van der Waals surface area contributed by atoms with Gasteiger partial charge in [0.15, 0.2) is 0 Å². The van der Waals surface area contributed by atoms with E-state index in [1.54, 1.807) is 0 Å². The molecule has 0 bridgehead atoms. The van der Waals surface area contributed by atoms with Crippen LogP contribution in [0.5, 0.6) is 5.75 Å². The van der Waals surface area contributed by atoms with Gasteiger partial charge in [0, 0.05) is 5.02 Å². The maximum atomic E-state index is 5.90. The Morgan fingerprint density at radius 1 is 1.40 bits per heavy atom. The summed E-state index contributed by atoms with van der Waals surface area (Å²) in [4.78, 5) is 0. The molecule has 1 aromatic carbocycles. The highest BCUT2D eigenvalue weighted by molar-refractivity contribution is 14.1. The predicted octanol–water partition coefficient (Wildman–Crippen LogP) is 4.76. The minimum atomic E-state index is 0.731. The molecule has 0 aliphatic carbocycles. The van der Waals surface area contributed by atoms with E-state index in [1.165, 1.54) is 6.42 Å². The molecule has 0 aliphatic rings. The van der Waals surface area contributed by atoms with Crippen molar-refractivity contribution in [3.63, 3.8) is 0 Å². The van der Waals surface area contributed by atoms with Crippen LogP contribution in [0.2, 0.25) is 5.02 Å². The molecule has 1 nitrogen and oxygen atoms in total. The van der Waals surface area contributed by atoms with Crippen molar-refractivity contribution in [2.75, 3.05) is 6.61 Å². The van der Waals surface area contributed by atoms with Gasteiger partial charge in [0.2, 0.25) is 0 Å². The summed E-state index contributed by atoms with van der Waals surface area (Å²) >= 11 is 8.16. The number of hydrogen-bond donors (Lipinski definition) is 0. The zero-order valence-electron chi connectivity index (χ0n) is 9.09. The van der Waals surface area contributed by atoms with Crippen molar-refractivity contribution in [3.05, 3.63) is 26.8 Å². The smallest absolute Gasteiger partial charge is 0.134 e. The highest BCUT2D eigenvalue weighted by Gasteiger charge is 2.02. The molecule has 0 saturated carbocycles. The maximum absolute atomic E-state index is 5.90. The van der Waals surface area contributed by atoms with E-state index in [2.05, 4.69) is 36.4 Å². The zero-order valence-corrected chi connectivity index (χ0v) is 12.0. The monoisotopic (exact) mass is 338 g/mol. The van der Waals surface area contributed by atoms with Gasteiger partial charge in [-0.15, -0.1) is 0 Å². The lowest BCUT2D eigenvalue weighted by Crippen LogP contribution is -2.00. The Kier molecular flexibility index (Phi) is 5.75. The Balaban J connectivity index is 2.40. The molecule has 0 unspecified atom stereocenters. The lowest BCUT2D eigenvalue weighted by Gasteiger charge is -2.09. The van der Waals surface area contributed by atoms with Crippen molar-refractivity contribution in [1.29, 1.82) is 0 Å².